The Kier molecular flexibility index (Phi) is 1.99. The summed E-state index contributed by atoms with van der Waals surface area (Å²) >= 11 is 0. The minimum Gasteiger partial charge on any atom is -0.348 e. The van der Waals surface area contributed by atoms with E-state index in [1.807, 2.05) is 0 Å². The number of carbonyl (C=O) groups is 1. The van der Waals surface area contributed by atoms with Gasteiger partial charge in [-0.3, -0.25) is 4.79 Å². The Hall–Kier alpha value is -2.62. The van der Waals surface area contributed by atoms with Crippen LogP contribution in [0.3, 0.4) is 0 Å². The minimum atomic E-state index is -2.72. The zero-order valence-electron chi connectivity index (χ0n) is 22.0. The van der Waals surface area contributed by atoms with Gasteiger partial charge in [-0.1, -0.05) is 35.8 Å². The number of aromatic nitrogens is 2. The molecule has 0 radical (unpaired) electrons. The van der Waals surface area contributed by atoms with E-state index in [0.717, 1.165) is 15.5 Å². The third kappa shape index (κ3) is 2.97. The van der Waals surface area contributed by atoms with Crippen LogP contribution >= 0.6 is 0 Å². The van der Waals surface area contributed by atoms with Crippen molar-refractivity contribution in [2.75, 3.05) is 14.1 Å². The number of amides is 1. The summed E-state index contributed by atoms with van der Waals surface area (Å²) in [6.45, 7) is -1.07. The van der Waals surface area contributed by atoms with E-state index in [4.69, 9.17) is 12.3 Å². The van der Waals surface area contributed by atoms with Crippen molar-refractivity contribution in [2.24, 2.45) is 0 Å². The number of benzene rings is 1. The summed E-state index contributed by atoms with van der Waals surface area (Å²) in [5.74, 6) is -0.956. The van der Waals surface area contributed by atoms with Crippen molar-refractivity contribution < 1.29 is 17.1 Å². The fourth-order valence-electron chi connectivity index (χ4n) is 2.04. The second-order valence-corrected chi connectivity index (χ2v) is 5.28. The summed E-state index contributed by atoms with van der Waals surface area (Å²) in [6, 6.07) is 1.15. The topological polar surface area (TPSA) is 37.6 Å². The molecule has 0 atom stereocenters. The maximum atomic E-state index is 12.8. The lowest BCUT2D eigenvalue weighted by Gasteiger charge is -2.11. The molecule has 0 saturated heterocycles. The molecule has 0 fully saturated rings. The number of pyridine rings is 1. The van der Waals surface area contributed by atoms with Gasteiger partial charge in [-0.2, -0.15) is 0 Å². The average molecular weight is 316 g/mol. The van der Waals surface area contributed by atoms with Gasteiger partial charge >= 0.3 is 0 Å². The van der Waals surface area contributed by atoms with Gasteiger partial charge in [0.1, 0.15) is 5.65 Å². The number of fused-ring (bicyclic) bond motifs is 1. The Morgan fingerprint density at radius 3 is 2.70 bits per heavy atom. The minimum absolute atomic E-state index is 0.0934. The highest BCUT2D eigenvalue weighted by atomic mass is 16.2. The highest BCUT2D eigenvalue weighted by molar-refractivity contribution is 5.81. The lowest BCUT2D eigenvalue weighted by molar-refractivity contribution is -0.128. The Labute approximate surface area is 149 Å². The summed E-state index contributed by atoms with van der Waals surface area (Å²) in [6.07, 6.45) is -1.57. The molecule has 0 unspecified atom stereocenters. The van der Waals surface area contributed by atoms with Gasteiger partial charge in [0.05, 0.1) is 23.2 Å². The SMILES string of the molecule is [2H]c1c([2H])c(-c2nc3ccc(C([2H])([2H])[2H])cn3c2C([2H])([2H])C(=O)N(C)C)c([2H])c([2H])c1C. The summed E-state index contributed by atoms with van der Waals surface area (Å²) in [7, 11) is 2.72. The molecule has 0 bridgehead atoms. The van der Waals surface area contributed by atoms with Gasteiger partial charge in [-0.15, -0.1) is 0 Å². The van der Waals surface area contributed by atoms with Crippen molar-refractivity contribution in [1.82, 2.24) is 14.3 Å². The maximum absolute atomic E-state index is 12.8. The van der Waals surface area contributed by atoms with Gasteiger partial charge in [-0.25, -0.2) is 4.98 Å². The number of imidazole rings is 1. The van der Waals surface area contributed by atoms with Crippen LogP contribution in [0.1, 0.15) is 29.2 Å². The zero-order valence-corrected chi connectivity index (χ0v) is 13.0. The summed E-state index contributed by atoms with van der Waals surface area (Å²) in [5, 5.41) is 0. The number of nitrogens with zero attached hydrogens (tertiary/aromatic N) is 3. The maximum Gasteiger partial charge on any atom is 0.228 e. The van der Waals surface area contributed by atoms with Crippen LogP contribution in [0.2, 0.25) is 0 Å². The monoisotopic (exact) mass is 316 g/mol. The van der Waals surface area contributed by atoms with Crippen molar-refractivity contribution >= 4 is 11.6 Å². The molecule has 4 nitrogen and oxygen atoms in total. The van der Waals surface area contributed by atoms with Crippen LogP contribution in [-0.2, 0) is 11.2 Å². The van der Waals surface area contributed by atoms with Gasteiger partial charge in [-0.05, 0) is 25.4 Å². The lowest BCUT2D eigenvalue weighted by Crippen LogP contribution is -2.24. The summed E-state index contributed by atoms with van der Waals surface area (Å²) in [5.41, 5.74) is -0.809. The first-order valence-corrected chi connectivity index (χ1v) is 6.92. The smallest absolute Gasteiger partial charge is 0.228 e. The number of carbonyl (C=O) groups excluding carboxylic acids is 1. The van der Waals surface area contributed by atoms with E-state index in [2.05, 4.69) is 4.98 Å². The number of hydrogen-bond acceptors (Lipinski definition) is 2. The van der Waals surface area contributed by atoms with Crippen molar-refractivity contribution in [2.45, 2.75) is 20.1 Å². The summed E-state index contributed by atoms with van der Waals surface area (Å²) < 4.78 is 74.3. The molecular weight excluding hydrogens is 286 g/mol. The van der Waals surface area contributed by atoms with Crippen molar-refractivity contribution in [1.29, 1.82) is 0 Å². The first-order chi connectivity index (χ1) is 14.6. The molecule has 0 aliphatic heterocycles. The second kappa shape index (κ2) is 5.88. The first kappa shape index (κ1) is 7.77. The third-order valence-electron chi connectivity index (χ3n) is 3.24. The number of likely N-dealkylation sites (N-methyl/N-ethyl adjacent to an activating group) is 1. The predicted octanol–water partition coefficient (Wildman–Crippen LogP) is 3.25. The molecule has 0 N–H and O–H groups in total. The van der Waals surface area contributed by atoms with E-state index in [1.54, 1.807) is 0 Å². The molecule has 0 spiro atoms. The number of rotatable bonds is 3. The van der Waals surface area contributed by atoms with Gasteiger partial charge < -0.3 is 9.30 Å². The molecule has 0 aliphatic carbocycles. The van der Waals surface area contributed by atoms with Gasteiger partial charge in [0.25, 0.3) is 0 Å². The molecule has 4 heteroatoms. The fraction of sp³-hybridized carbons (Fsp3) is 0.263. The van der Waals surface area contributed by atoms with Gasteiger partial charge in [0, 0.05) is 32.7 Å². The quantitative estimate of drug-likeness (QED) is 0.744. The van der Waals surface area contributed by atoms with Gasteiger partial charge in [0.2, 0.25) is 5.91 Å². The van der Waals surface area contributed by atoms with E-state index >= 15 is 0 Å². The predicted molar refractivity (Wildman–Crippen MR) is 92.5 cm³/mol. The van der Waals surface area contributed by atoms with E-state index in [0.29, 0.717) is 0 Å². The Morgan fingerprint density at radius 1 is 1.30 bits per heavy atom. The molecule has 1 amide bonds. The van der Waals surface area contributed by atoms with Crippen molar-refractivity contribution in [3.63, 3.8) is 0 Å². The third-order valence-corrected chi connectivity index (χ3v) is 3.24. The fourth-order valence-corrected chi connectivity index (χ4v) is 2.04. The molecule has 0 aliphatic rings. The van der Waals surface area contributed by atoms with Crippen LogP contribution in [0.4, 0.5) is 0 Å². The highest BCUT2D eigenvalue weighted by Crippen LogP contribution is 2.26. The number of hydrogen-bond donors (Lipinski definition) is 0. The average Bonchev–Trinajstić information content (AvgIpc) is 3.08. The van der Waals surface area contributed by atoms with Crippen molar-refractivity contribution in [3.05, 3.63) is 59.3 Å². The first-order valence-electron chi connectivity index (χ1n) is 11.4. The van der Waals surface area contributed by atoms with E-state index in [9.17, 15) is 4.79 Å². The van der Waals surface area contributed by atoms with Gasteiger partial charge in [0.15, 0.2) is 0 Å². The molecule has 1 aromatic carbocycles. The number of aryl methyl sites for hydroxylation is 1. The van der Waals surface area contributed by atoms with Crippen molar-refractivity contribution in [3.8, 4) is 11.3 Å². The lowest BCUT2D eigenvalue weighted by atomic mass is 10.1. The van der Waals surface area contributed by atoms with E-state index in [-0.39, 0.29) is 45.8 Å². The summed E-state index contributed by atoms with van der Waals surface area (Å²) in [4.78, 5) is 18.1. The van der Waals surface area contributed by atoms with E-state index < -0.39 is 31.2 Å². The molecule has 3 aromatic rings. The molecule has 2 aromatic heterocycles. The molecule has 0 saturated carbocycles. The van der Waals surface area contributed by atoms with Crippen LogP contribution < -0.4 is 0 Å². The van der Waals surface area contributed by atoms with Crippen LogP contribution in [0.25, 0.3) is 16.9 Å². The molecule has 118 valence electrons. The highest BCUT2D eigenvalue weighted by Gasteiger charge is 2.18. The second-order valence-electron chi connectivity index (χ2n) is 5.28. The Balaban J connectivity index is 2.52. The molecular formula is C19H21N3O. The molecule has 23 heavy (non-hydrogen) atoms. The van der Waals surface area contributed by atoms with Crippen LogP contribution in [0, 0.1) is 13.8 Å². The molecule has 2 heterocycles. The van der Waals surface area contributed by atoms with Crippen LogP contribution in [-0.4, -0.2) is 34.3 Å². The largest absolute Gasteiger partial charge is 0.348 e. The van der Waals surface area contributed by atoms with Crippen LogP contribution in [0.15, 0.2) is 42.5 Å². The van der Waals surface area contributed by atoms with Crippen LogP contribution in [0.5, 0.6) is 0 Å². The Morgan fingerprint density at radius 2 is 2.04 bits per heavy atom. The van der Waals surface area contributed by atoms with E-state index in [1.165, 1.54) is 33.2 Å². The zero-order chi connectivity index (χ0) is 24.3. The Bertz CT molecular complexity index is 1220. The molecule has 3 rings (SSSR count). The standard InChI is InChI=1S/C19H21N3O/c1-13-5-8-15(9-6-13)19-16(11-18(23)21(3)4)22-12-14(2)7-10-17(22)20-19/h5-10,12H,11H2,1-4H3/i2D3,5D,6D,8D,9D,11D2. The normalized spacial score (nSPS) is 17.8.